The second-order valence-electron chi connectivity index (χ2n) is 5.85. The summed E-state index contributed by atoms with van der Waals surface area (Å²) in [6, 6.07) is 9.47. The summed E-state index contributed by atoms with van der Waals surface area (Å²) in [7, 11) is -3.62. The van der Waals surface area contributed by atoms with Crippen LogP contribution in [0.2, 0.25) is 4.34 Å². The summed E-state index contributed by atoms with van der Waals surface area (Å²) in [5.74, 6) is -0.203. The molecule has 1 aromatic carbocycles. The van der Waals surface area contributed by atoms with E-state index >= 15 is 0 Å². The van der Waals surface area contributed by atoms with E-state index in [0.29, 0.717) is 16.5 Å². The smallest absolute Gasteiger partial charge is 0.240 e. The lowest BCUT2D eigenvalue weighted by molar-refractivity contribution is 0.104. The molecule has 1 aliphatic heterocycles. The summed E-state index contributed by atoms with van der Waals surface area (Å²) in [4.78, 5) is 13.2. The van der Waals surface area contributed by atoms with E-state index in [1.54, 1.807) is 12.1 Å². The monoisotopic (exact) mass is 411 g/mol. The Labute approximate surface area is 161 Å². The average molecular weight is 412 g/mol. The maximum Gasteiger partial charge on any atom is 0.240 e. The van der Waals surface area contributed by atoms with Gasteiger partial charge in [0.25, 0.3) is 0 Å². The number of carbonyl (C=O) groups is 1. The van der Waals surface area contributed by atoms with Crippen LogP contribution in [-0.2, 0) is 14.8 Å². The van der Waals surface area contributed by atoms with Gasteiger partial charge < -0.3 is 4.74 Å². The minimum atomic E-state index is -3.62. The first-order chi connectivity index (χ1) is 12.4. The molecule has 3 rings (SSSR count). The van der Waals surface area contributed by atoms with Crippen molar-refractivity contribution >= 4 is 44.8 Å². The topological polar surface area (TPSA) is 72.5 Å². The van der Waals surface area contributed by atoms with Crippen LogP contribution in [0.25, 0.3) is 6.08 Å². The molecule has 0 bridgehead atoms. The standard InChI is InChI=1S/C18H18ClNO4S2/c19-18-10-6-15(25-18)5-9-17(21)13-3-7-16(8-4-13)26(22,23)20-12-14-2-1-11-24-14/h3-10,14,20H,1-2,11-12H2. The molecule has 26 heavy (non-hydrogen) atoms. The number of carbonyl (C=O) groups excluding carboxylic acids is 1. The largest absolute Gasteiger partial charge is 0.377 e. The highest BCUT2D eigenvalue weighted by atomic mass is 35.5. The number of sulfonamides is 1. The number of allylic oxidation sites excluding steroid dienone is 1. The third kappa shape index (κ3) is 5.02. The molecule has 1 saturated heterocycles. The number of ether oxygens (including phenoxy) is 1. The van der Waals surface area contributed by atoms with Gasteiger partial charge in [-0.3, -0.25) is 4.79 Å². The molecule has 8 heteroatoms. The number of hydrogen-bond donors (Lipinski definition) is 1. The molecule has 5 nitrogen and oxygen atoms in total. The summed E-state index contributed by atoms with van der Waals surface area (Å²) in [6.07, 6.45) is 4.88. The third-order valence-corrected chi connectivity index (χ3v) is 6.60. The summed E-state index contributed by atoms with van der Waals surface area (Å²) in [5.41, 5.74) is 0.418. The number of ketones is 1. The molecule has 2 aromatic rings. The third-order valence-electron chi connectivity index (χ3n) is 3.97. The fraction of sp³-hybridized carbons (Fsp3) is 0.278. The quantitative estimate of drug-likeness (QED) is 0.556. The summed E-state index contributed by atoms with van der Waals surface area (Å²) < 4.78 is 33.2. The normalized spacial score (nSPS) is 17.8. The Hall–Kier alpha value is -1.51. The highest BCUT2D eigenvalue weighted by Crippen LogP contribution is 2.22. The molecule has 1 aliphatic rings. The molecule has 1 N–H and O–H groups in total. The van der Waals surface area contributed by atoms with E-state index in [9.17, 15) is 13.2 Å². The van der Waals surface area contributed by atoms with E-state index in [4.69, 9.17) is 16.3 Å². The van der Waals surface area contributed by atoms with Crippen LogP contribution in [0, 0.1) is 0 Å². The first kappa shape index (κ1) is 19.3. The van der Waals surface area contributed by atoms with E-state index < -0.39 is 10.0 Å². The summed E-state index contributed by atoms with van der Waals surface area (Å²) in [6.45, 7) is 0.934. The van der Waals surface area contributed by atoms with Gasteiger partial charge in [0.2, 0.25) is 10.0 Å². The highest BCUT2D eigenvalue weighted by Gasteiger charge is 2.20. The van der Waals surface area contributed by atoms with E-state index in [2.05, 4.69) is 4.72 Å². The molecule has 1 unspecified atom stereocenters. The first-order valence-corrected chi connectivity index (χ1v) is 10.8. The van der Waals surface area contributed by atoms with Gasteiger partial charge in [-0.25, -0.2) is 13.1 Å². The molecule has 1 aromatic heterocycles. The predicted molar refractivity (Wildman–Crippen MR) is 103 cm³/mol. The Morgan fingerprint density at radius 1 is 1.27 bits per heavy atom. The van der Waals surface area contributed by atoms with Crippen LogP contribution in [0.5, 0.6) is 0 Å². The fourth-order valence-electron chi connectivity index (χ4n) is 2.56. The number of benzene rings is 1. The zero-order chi connectivity index (χ0) is 18.6. The lowest BCUT2D eigenvalue weighted by atomic mass is 10.1. The molecule has 0 aliphatic carbocycles. The Morgan fingerprint density at radius 2 is 2.04 bits per heavy atom. The molecule has 138 valence electrons. The van der Waals surface area contributed by atoms with Crippen LogP contribution < -0.4 is 4.72 Å². The highest BCUT2D eigenvalue weighted by molar-refractivity contribution is 7.89. The van der Waals surface area contributed by atoms with Crippen molar-refractivity contribution in [1.82, 2.24) is 4.72 Å². The van der Waals surface area contributed by atoms with Gasteiger partial charge in [-0.2, -0.15) is 0 Å². The molecule has 0 radical (unpaired) electrons. The Balaban J connectivity index is 1.63. The van der Waals surface area contributed by atoms with Gasteiger partial charge in [0.15, 0.2) is 5.78 Å². The van der Waals surface area contributed by atoms with Gasteiger partial charge >= 0.3 is 0 Å². The zero-order valence-corrected chi connectivity index (χ0v) is 16.2. The van der Waals surface area contributed by atoms with Gasteiger partial charge in [-0.05, 0) is 61.4 Å². The summed E-state index contributed by atoms with van der Waals surface area (Å²) in [5, 5.41) is 0. The Morgan fingerprint density at radius 3 is 2.65 bits per heavy atom. The molecular weight excluding hydrogens is 394 g/mol. The lowest BCUT2D eigenvalue weighted by Gasteiger charge is -2.11. The van der Waals surface area contributed by atoms with Crippen LogP contribution in [-0.4, -0.2) is 33.5 Å². The maximum atomic E-state index is 12.3. The fourth-order valence-corrected chi connectivity index (χ4v) is 4.59. The number of nitrogens with one attached hydrogen (secondary N) is 1. The predicted octanol–water partition coefficient (Wildman–Crippen LogP) is 3.75. The van der Waals surface area contributed by atoms with Crippen molar-refractivity contribution in [2.45, 2.75) is 23.8 Å². The minimum Gasteiger partial charge on any atom is -0.377 e. The van der Waals surface area contributed by atoms with E-state index in [1.165, 1.54) is 41.7 Å². The van der Waals surface area contributed by atoms with E-state index in [-0.39, 0.29) is 23.3 Å². The van der Waals surface area contributed by atoms with Crippen molar-refractivity contribution in [3.8, 4) is 0 Å². The van der Waals surface area contributed by atoms with Crippen LogP contribution in [0.1, 0.15) is 28.1 Å². The molecule has 1 atom stereocenters. The second-order valence-corrected chi connectivity index (χ2v) is 9.36. The zero-order valence-electron chi connectivity index (χ0n) is 13.9. The number of halogens is 1. The van der Waals surface area contributed by atoms with E-state index in [0.717, 1.165) is 17.7 Å². The van der Waals surface area contributed by atoms with Crippen molar-refractivity contribution < 1.29 is 17.9 Å². The lowest BCUT2D eigenvalue weighted by Crippen LogP contribution is -2.31. The Kier molecular flexibility index (Phi) is 6.26. The Bertz CT molecular complexity index is 898. The number of hydrogen-bond acceptors (Lipinski definition) is 5. The van der Waals surface area contributed by atoms with Gasteiger partial charge in [-0.1, -0.05) is 11.6 Å². The molecular formula is C18H18ClNO4S2. The van der Waals surface area contributed by atoms with Crippen molar-refractivity contribution in [2.75, 3.05) is 13.2 Å². The second kappa shape index (κ2) is 8.45. The van der Waals surface area contributed by atoms with Crippen LogP contribution in [0.3, 0.4) is 0 Å². The number of thiophene rings is 1. The van der Waals surface area contributed by atoms with Crippen LogP contribution in [0.15, 0.2) is 47.4 Å². The average Bonchev–Trinajstić information content (AvgIpc) is 3.30. The van der Waals surface area contributed by atoms with Gasteiger partial charge in [0, 0.05) is 23.6 Å². The van der Waals surface area contributed by atoms with Crippen molar-refractivity contribution in [1.29, 1.82) is 0 Å². The van der Waals surface area contributed by atoms with Crippen LogP contribution >= 0.6 is 22.9 Å². The van der Waals surface area contributed by atoms with Crippen molar-refractivity contribution in [2.24, 2.45) is 0 Å². The SMILES string of the molecule is O=C(C=Cc1ccc(Cl)s1)c1ccc(S(=O)(=O)NCC2CCCO2)cc1. The minimum absolute atomic E-state index is 0.0680. The van der Waals surface area contributed by atoms with Gasteiger partial charge in [0.05, 0.1) is 15.3 Å². The van der Waals surface area contributed by atoms with E-state index in [1.807, 2.05) is 6.07 Å². The van der Waals surface area contributed by atoms with Gasteiger partial charge in [0.1, 0.15) is 0 Å². The van der Waals surface area contributed by atoms with Crippen molar-refractivity contribution in [3.05, 3.63) is 57.3 Å². The van der Waals surface area contributed by atoms with Crippen LogP contribution in [0.4, 0.5) is 0 Å². The first-order valence-electron chi connectivity index (χ1n) is 8.13. The summed E-state index contributed by atoms with van der Waals surface area (Å²) >= 11 is 7.22. The maximum absolute atomic E-state index is 12.3. The molecule has 0 amide bonds. The van der Waals surface area contributed by atoms with Crippen molar-refractivity contribution in [3.63, 3.8) is 0 Å². The molecule has 0 spiro atoms. The number of rotatable bonds is 7. The molecule has 2 heterocycles. The molecule has 1 fully saturated rings. The molecule has 0 saturated carbocycles. The van der Waals surface area contributed by atoms with Gasteiger partial charge in [-0.15, -0.1) is 11.3 Å².